The third-order valence-corrected chi connectivity index (χ3v) is 4.28. The third kappa shape index (κ3) is 4.32. The summed E-state index contributed by atoms with van der Waals surface area (Å²) in [5.74, 6) is 0. The maximum absolute atomic E-state index is 4.72. The molecule has 4 nitrogen and oxygen atoms in total. The van der Waals surface area contributed by atoms with E-state index in [1.54, 1.807) is 0 Å². The van der Waals surface area contributed by atoms with Crippen LogP contribution in [0.1, 0.15) is 58.2 Å². The fourth-order valence-electron chi connectivity index (χ4n) is 2.84. The number of aromatic nitrogens is 2. The van der Waals surface area contributed by atoms with Crippen molar-refractivity contribution in [3.63, 3.8) is 0 Å². The Morgan fingerprint density at radius 2 is 2.30 bits per heavy atom. The van der Waals surface area contributed by atoms with Gasteiger partial charge in [0.15, 0.2) is 0 Å². The van der Waals surface area contributed by atoms with Crippen molar-refractivity contribution >= 4 is 0 Å². The average molecular weight is 278 g/mol. The first-order valence-electron chi connectivity index (χ1n) is 8.22. The van der Waals surface area contributed by atoms with Crippen LogP contribution in [-0.4, -0.2) is 40.4 Å². The number of nitrogens with zero attached hydrogens (tertiary/aromatic N) is 3. The Labute approximate surface area is 123 Å². The maximum Gasteiger partial charge on any atom is 0.0764 e. The highest BCUT2D eigenvalue weighted by Gasteiger charge is 2.19. The van der Waals surface area contributed by atoms with E-state index in [2.05, 4.69) is 47.9 Å². The van der Waals surface area contributed by atoms with Crippen LogP contribution >= 0.6 is 0 Å². The van der Waals surface area contributed by atoms with Crippen LogP contribution in [0.2, 0.25) is 0 Å². The van der Waals surface area contributed by atoms with E-state index in [4.69, 9.17) is 5.10 Å². The van der Waals surface area contributed by atoms with Gasteiger partial charge in [-0.15, -0.1) is 0 Å². The van der Waals surface area contributed by atoms with Crippen LogP contribution in [0.5, 0.6) is 0 Å². The molecule has 2 unspecified atom stereocenters. The van der Waals surface area contributed by atoms with Crippen LogP contribution < -0.4 is 5.32 Å². The number of piperidine rings is 1. The Morgan fingerprint density at radius 3 is 3.05 bits per heavy atom. The topological polar surface area (TPSA) is 33.1 Å². The van der Waals surface area contributed by atoms with Gasteiger partial charge in [0.05, 0.1) is 5.69 Å². The number of rotatable bonds is 7. The highest BCUT2D eigenvalue weighted by molar-refractivity contribution is 5.00. The van der Waals surface area contributed by atoms with Crippen LogP contribution in [0, 0.1) is 0 Å². The molecule has 1 aromatic rings. The van der Waals surface area contributed by atoms with Crippen molar-refractivity contribution in [2.45, 2.75) is 65.1 Å². The Balaban J connectivity index is 1.84. The van der Waals surface area contributed by atoms with E-state index < -0.39 is 0 Å². The van der Waals surface area contributed by atoms with Gasteiger partial charge in [-0.2, -0.15) is 5.10 Å². The van der Waals surface area contributed by atoms with Crippen LogP contribution in [0.4, 0.5) is 0 Å². The van der Waals surface area contributed by atoms with E-state index in [-0.39, 0.29) is 0 Å². The van der Waals surface area contributed by atoms with Gasteiger partial charge in [-0.3, -0.25) is 9.58 Å². The van der Waals surface area contributed by atoms with Gasteiger partial charge >= 0.3 is 0 Å². The van der Waals surface area contributed by atoms with Crippen molar-refractivity contribution in [2.75, 3.05) is 19.6 Å². The van der Waals surface area contributed by atoms with Crippen molar-refractivity contribution in [1.82, 2.24) is 20.0 Å². The predicted molar refractivity (Wildman–Crippen MR) is 83.8 cm³/mol. The highest BCUT2D eigenvalue weighted by Crippen LogP contribution is 2.14. The third-order valence-electron chi connectivity index (χ3n) is 4.28. The predicted octanol–water partition coefficient (Wildman–Crippen LogP) is 2.82. The molecule has 1 aliphatic rings. The molecule has 1 saturated heterocycles. The molecule has 1 aliphatic heterocycles. The minimum Gasteiger partial charge on any atom is -0.313 e. The summed E-state index contributed by atoms with van der Waals surface area (Å²) in [5.41, 5.74) is 1.21. The number of hydrogen-bond acceptors (Lipinski definition) is 3. The average Bonchev–Trinajstić information content (AvgIpc) is 2.93. The monoisotopic (exact) mass is 278 g/mol. The summed E-state index contributed by atoms with van der Waals surface area (Å²) < 4.78 is 2.10. The molecule has 114 valence electrons. The van der Waals surface area contributed by atoms with E-state index in [0.717, 1.165) is 26.1 Å². The maximum atomic E-state index is 4.72. The smallest absolute Gasteiger partial charge is 0.0764 e. The largest absolute Gasteiger partial charge is 0.313 e. The Bertz CT molecular complexity index is 388. The van der Waals surface area contributed by atoms with Gasteiger partial charge in [0, 0.05) is 31.4 Å². The lowest BCUT2D eigenvalue weighted by molar-refractivity contribution is 0.181. The minimum atomic E-state index is 0.504. The van der Waals surface area contributed by atoms with Crippen LogP contribution in [-0.2, 0) is 6.54 Å². The second-order valence-corrected chi connectivity index (χ2v) is 6.07. The summed E-state index contributed by atoms with van der Waals surface area (Å²) in [7, 11) is 0. The van der Waals surface area contributed by atoms with Crippen LogP contribution in [0.25, 0.3) is 0 Å². The molecule has 0 radical (unpaired) electrons. The van der Waals surface area contributed by atoms with Crippen molar-refractivity contribution in [2.24, 2.45) is 0 Å². The zero-order valence-electron chi connectivity index (χ0n) is 13.3. The van der Waals surface area contributed by atoms with Gasteiger partial charge in [0.1, 0.15) is 0 Å². The molecule has 1 aromatic heterocycles. The van der Waals surface area contributed by atoms with Gasteiger partial charge in [-0.25, -0.2) is 0 Å². The molecule has 0 aromatic carbocycles. The number of hydrogen-bond donors (Lipinski definition) is 1. The summed E-state index contributed by atoms with van der Waals surface area (Å²) in [5, 5.41) is 8.37. The fourth-order valence-corrected chi connectivity index (χ4v) is 2.84. The molecule has 0 amide bonds. The van der Waals surface area contributed by atoms with Gasteiger partial charge in [0.2, 0.25) is 0 Å². The van der Waals surface area contributed by atoms with Gasteiger partial charge in [-0.05, 0) is 51.8 Å². The van der Waals surface area contributed by atoms with Gasteiger partial charge in [-0.1, -0.05) is 13.8 Å². The zero-order valence-corrected chi connectivity index (χ0v) is 13.3. The molecule has 2 atom stereocenters. The number of nitrogens with one attached hydrogen (secondary N) is 1. The molecule has 0 spiro atoms. The second-order valence-electron chi connectivity index (χ2n) is 6.07. The Hall–Kier alpha value is -0.870. The van der Waals surface area contributed by atoms with Gasteiger partial charge < -0.3 is 5.32 Å². The molecule has 0 bridgehead atoms. The molecule has 2 heterocycles. The Morgan fingerprint density at radius 1 is 1.45 bits per heavy atom. The van der Waals surface area contributed by atoms with E-state index >= 15 is 0 Å². The van der Waals surface area contributed by atoms with Crippen molar-refractivity contribution in [1.29, 1.82) is 0 Å². The van der Waals surface area contributed by atoms with Crippen molar-refractivity contribution < 1.29 is 0 Å². The summed E-state index contributed by atoms with van der Waals surface area (Å²) in [6.07, 6.45) is 7.09. The molecule has 4 heteroatoms. The Kier molecular flexibility index (Phi) is 6.05. The molecular weight excluding hydrogens is 248 g/mol. The first-order valence-corrected chi connectivity index (χ1v) is 8.22. The first kappa shape index (κ1) is 15.5. The SMILES string of the molecule is CCCNC1CCCN(Cc2ccn(C(C)CC)n2)C1. The summed E-state index contributed by atoms with van der Waals surface area (Å²) >= 11 is 0. The van der Waals surface area contributed by atoms with Crippen LogP contribution in [0.15, 0.2) is 12.3 Å². The summed E-state index contributed by atoms with van der Waals surface area (Å²) in [6, 6.07) is 3.35. The van der Waals surface area contributed by atoms with Crippen LogP contribution in [0.3, 0.4) is 0 Å². The lowest BCUT2D eigenvalue weighted by Gasteiger charge is -2.32. The lowest BCUT2D eigenvalue weighted by Crippen LogP contribution is -2.45. The normalized spacial score (nSPS) is 22.1. The van der Waals surface area contributed by atoms with Crippen molar-refractivity contribution in [3.05, 3.63) is 18.0 Å². The van der Waals surface area contributed by atoms with Gasteiger partial charge in [0.25, 0.3) is 0 Å². The molecular formula is C16H30N4. The fraction of sp³-hybridized carbons (Fsp3) is 0.812. The molecule has 0 saturated carbocycles. The quantitative estimate of drug-likeness (QED) is 0.832. The highest BCUT2D eigenvalue weighted by atomic mass is 15.3. The molecule has 0 aliphatic carbocycles. The van der Waals surface area contributed by atoms with Crippen molar-refractivity contribution in [3.8, 4) is 0 Å². The zero-order chi connectivity index (χ0) is 14.4. The van der Waals surface area contributed by atoms with E-state index in [9.17, 15) is 0 Å². The van der Waals surface area contributed by atoms with E-state index in [1.165, 1.54) is 31.5 Å². The number of likely N-dealkylation sites (tertiary alicyclic amines) is 1. The second kappa shape index (κ2) is 7.79. The minimum absolute atomic E-state index is 0.504. The molecule has 1 N–H and O–H groups in total. The molecule has 2 rings (SSSR count). The standard InChI is InChI=1S/C16H30N4/c1-4-9-17-15-7-6-10-19(12-15)13-16-8-11-20(18-16)14(3)5-2/h8,11,14-15,17H,4-7,9-10,12-13H2,1-3H3. The van der Waals surface area contributed by atoms with E-state index in [0.29, 0.717) is 12.1 Å². The first-order chi connectivity index (χ1) is 9.72. The lowest BCUT2D eigenvalue weighted by atomic mass is 10.1. The summed E-state index contributed by atoms with van der Waals surface area (Å²) in [4.78, 5) is 2.54. The summed E-state index contributed by atoms with van der Waals surface area (Å²) in [6.45, 7) is 11.2. The molecule has 1 fully saturated rings. The van der Waals surface area contributed by atoms with E-state index in [1.807, 2.05) is 0 Å². The molecule has 20 heavy (non-hydrogen) atoms.